The second kappa shape index (κ2) is 27.1. The average molecular weight is 903 g/mol. The molecule has 354 valence electrons. The number of aromatic nitrogens is 1. The first kappa shape index (κ1) is 51.3. The van der Waals surface area contributed by atoms with Crippen LogP contribution in [0.15, 0.2) is 60.8 Å². The lowest BCUT2D eigenvalue weighted by atomic mass is 10.0. The summed E-state index contributed by atoms with van der Waals surface area (Å²) in [6, 6.07) is 8.78. The first-order valence-electron chi connectivity index (χ1n) is 22.8. The van der Waals surface area contributed by atoms with Gasteiger partial charge in [-0.25, -0.2) is 0 Å². The van der Waals surface area contributed by atoms with Crippen LogP contribution in [0.2, 0.25) is 0 Å². The fourth-order valence-corrected chi connectivity index (χ4v) is 7.60. The lowest BCUT2D eigenvalue weighted by Gasteiger charge is -2.29. The Balaban J connectivity index is 1.57. The molecule has 18 heteroatoms. The molecular weight excluding hydrogens is 837 g/mol. The van der Waals surface area contributed by atoms with E-state index < -0.39 is 90.2 Å². The van der Waals surface area contributed by atoms with Crippen LogP contribution in [0, 0.1) is 0 Å². The van der Waals surface area contributed by atoms with Gasteiger partial charge in [-0.3, -0.25) is 38.4 Å². The molecule has 6 atom stereocenters. The Morgan fingerprint density at radius 3 is 2.08 bits per heavy atom. The minimum atomic E-state index is -1.66. The van der Waals surface area contributed by atoms with E-state index in [2.05, 4.69) is 43.8 Å². The summed E-state index contributed by atoms with van der Waals surface area (Å²) < 4.78 is 5.62. The summed E-state index contributed by atoms with van der Waals surface area (Å²) >= 11 is 0. The van der Waals surface area contributed by atoms with Crippen molar-refractivity contribution in [3.8, 4) is 0 Å². The molecular formula is C47H66N8O10. The maximum absolute atomic E-state index is 14.3. The third-order valence-corrected chi connectivity index (χ3v) is 11.3. The van der Waals surface area contributed by atoms with Crippen LogP contribution in [-0.2, 0) is 55.9 Å². The van der Waals surface area contributed by atoms with Crippen molar-refractivity contribution in [2.75, 3.05) is 13.2 Å². The van der Waals surface area contributed by atoms with Crippen LogP contribution in [-0.4, -0.2) is 107 Å². The monoisotopic (exact) mass is 902 g/mol. The van der Waals surface area contributed by atoms with Gasteiger partial charge in [-0.1, -0.05) is 107 Å². The molecule has 18 nitrogen and oxygen atoms in total. The van der Waals surface area contributed by atoms with Crippen LogP contribution >= 0.6 is 0 Å². The van der Waals surface area contributed by atoms with Gasteiger partial charge in [0, 0.05) is 49.3 Å². The highest BCUT2D eigenvalue weighted by Gasteiger charge is 2.36. The molecule has 4 rings (SSSR count). The lowest BCUT2D eigenvalue weighted by molar-refractivity contribution is -0.152. The number of aliphatic hydroxyl groups excluding tert-OH is 1. The third-order valence-electron chi connectivity index (χ3n) is 11.3. The van der Waals surface area contributed by atoms with Gasteiger partial charge in [-0.15, -0.1) is 0 Å². The third kappa shape index (κ3) is 17.3. The standard InChI is InChI=1S/C47H66N8O10/c1-3-4-5-6-7-8-9-10-14-21-40(58)51-35(22-23-39(48)57)44(61)55-42-30(2)65-41(59)24-25-49-43(60)37(27-32-28-50-34-20-16-15-19-33(32)34)52-46(63)38(29-56)54-45(62)36(53-47(42)64)26-31-17-12-11-13-18-31/h11-13,15-20,28,30,35-38,42,50,56H,3-10,14,21-27,29H2,1-2H3,(H2,48,57)(H,49,60)(H,51,58)(H,52,63)(H,53,64)(H,54,62)(H,55,61)/t30?,35-,36?,37?,38-,42?/m0/s1. The molecule has 1 aliphatic rings. The van der Waals surface area contributed by atoms with Gasteiger partial charge in [-0.05, 0) is 37.0 Å². The number of carbonyl (C=O) groups is 8. The van der Waals surface area contributed by atoms with Crippen molar-refractivity contribution in [3.05, 3.63) is 71.9 Å². The topological polar surface area (TPSA) is 280 Å². The Hall–Kier alpha value is -6.30. The van der Waals surface area contributed by atoms with Gasteiger partial charge in [0.2, 0.25) is 41.4 Å². The number of hydrogen-bond acceptors (Lipinski definition) is 10. The van der Waals surface area contributed by atoms with Crippen molar-refractivity contribution in [3.63, 3.8) is 0 Å². The molecule has 0 saturated carbocycles. The Morgan fingerprint density at radius 2 is 1.38 bits per heavy atom. The number of hydrogen-bond donors (Lipinski definition) is 9. The Bertz CT molecular complexity index is 2060. The smallest absolute Gasteiger partial charge is 0.307 e. The molecule has 65 heavy (non-hydrogen) atoms. The number of rotatable bonds is 21. The number of carbonyl (C=O) groups excluding carboxylic acids is 8. The normalized spacial score (nSPS) is 20.6. The zero-order valence-electron chi connectivity index (χ0n) is 37.5. The summed E-state index contributed by atoms with van der Waals surface area (Å²) in [4.78, 5) is 111. The molecule has 1 aromatic heterocycles. The van der Waals surface area contributed by atoms with Crippen LogP contribution in [0.25, 0.3) is 10.9 Å². The van der Waals surface area contributed by atoms with E-state index in [1.165, 1.54) is 32.6 Å². The van der Waals surface area contributed by atoms with Crippen molar-refractivity contribution in [2.24, 2.45) is 5.73 Å². The van der Waals surface area contributed by atoms with Crippen molar-refractivity contribution in [1.29, 1.82) is 0 Å². The van der Waals surface area contributed by atoms with E-state index in [1.807, 2.05) is 24.3 Å². The molecule has 0 spiro atoms. The van der Waals surface area contributed by atoms with Crippen LogP contribution in [0.5, 0.6) is 0 Å². The second-order valence-electron chi connectivity index (χ2n) is 16.5. The first-order valence-corrected chi connectivity index (χ1v) is 22.8. The van der Waals surface area contributed by atoms with Crippen molar-refractivity contribution >= 4 is 58.2 Å². The number of nitrogens with one attached hydrogen (secondary N) is 7. The summed E-state index contributed by atoms with van der Waals surface area (Å²) in [5.74, 6) is -6.32. The molecule has 7 amide bonds. The Labute approximate surface area is 379 Å². The van der Waals surface area contributed by atoms with Crippen molar-refractivity contribution in [1.82, 2.24) is 36.9 Å². The fourth-order valence-electron chi connectivity index (χ4n) is 7.60. The molecule has 2 aromatic carbocycles. The number of H-pyrrole nitrogens is 1. The van der Waals surface area contributed by atoms with Gasteiger partial charge >= 0.3 is 5.97 Å². The number of nitrogens with two attached hydrogens (primary N) is 1. The van der Waals surface area contributed by atoms with E-state index in [-0.39, 0.29) is 45.1 Å². The molecule has 0 aliphatic carbocycles. The second-order valence-corrected chi connectivity index (χ2v) is 16.5. The molecule has 3 aromatic rings. The van der Waals surface area contributed by atoms with E-state index in [9.17, 15) is 43.5 Å². The summed E-state index contributed by atoms with van der Waals surface area (Å²) in [5, 5.41) is 26.7. The Kier molecular flexibility index (Phi) is 21.4. The van der Waals surface area contributed by atoms with E-state index >= 15 is 0 Å². The average Bonchev–Trinajstić information content (AvgIpc) is 3.69. The number of amides is 7. The zero-order chi connectivity index (χ0) is 47.1. The number of fused-ring (bicyclic) bond motifs is 1. The van der Waals surface area contributed by atoms with Gasteiger partial charge in [0.1, 0.15) is 36.3 Å². The van der Waals surface area contributed by atoms with Crippen LogP contribution in [0.4, 0.5) is 0 Å². The Morgan fingerprint density at radius 1 is 0.769 bits per heavy atom. The summed E-state index contributed by atoms with van der Waals surface area (Å²) in [6.45, 7) is 2.40. The van der Waals surface area contributed by atoms with Crippen LogP contribution in [0.1, 0.15) is 108 Å². The minimum Gasteiger partial charge on any atom is -0.460 e. The molecule has 0 bridgehead atoms. The highest BCUT2D eigenvalue weighted by molar-refractivity contribution is 5.97. The van der Waals surface area contributed by atoms with Gasteiger partial charge in [-0.2, -0.15) is 0 Å². The molecule has 0 radical (unpaired) electrons. The quantitative estimate of drug-likeness (QED) is 0.0554. The SMILES string of the molecule is CCCCCCCCCCCC(=O)N[C@@H](CCC(N)=O)C(=O)NC1C(=O)NC(Cc2ccccc2)C(=O)N[C@@H](CO)C(=O)NC(Cc2c[nH]c3ccccc23)C(=O)NCCC(=O)OC1C. The van der Waals surface area contributed by atoms with Crippen LogP contribution in [0.3, 0.4) is 0 Å². The number of cyclic esters (lactones) is 1. The molecule has 4 unspecified atom stereocenters. The zero-order valence-corrected chi connectivity index (χ0v) is 37.5. The summed E-state index contributed by atoms with van der Waals surface area (Å²) in [5.41, 5.74) is 7.50. The molecule has 1 saturated heterocycles. The number of aromatic amines is 1. The van der Waals surface area contributed by atoms with Gasteiger partial charge in [0.15, 0.2) is 0 Å². The lowest BCUT2D eigenvalue weighted by Crippen LogP contribution is -2.62. The number of esters is 1. The highest BCUT2D eigenvalue weighted by Crippen LogP contribution is 2.20. The number of aliphatic hydroxyl groups is 1. The predicted molar refractivity (Wildman–Crippen MR) is 242 cm³/mol. The summed E-state index contributed by atoms with van der Waals surface area (Å²) in [6.07, 6.45) is 8.83. The summed E-state index contributed by atoms with van der Waals surface area (Å²) in [7, 11) is 0. The maximum atomic E-state index is 14.3. The van der Waals surface area contributed by atoms with E-state index in [0.717, 1.165) is 36.6 Å². The van der Waals surface area contributed by atoms with Crippen LogP contribution < -0.4 is 37.6 Å². The van der Waals surface area contributed by atoms with Crippen molar-refractivity contribution < 1.29 is 48.2 Å². The van der Waals surface area contributed by atoms with Crippen molar-refractivity contribution in [2.45, 2.75) is 146 Å². The van der Waals surface area contributed by atoms with E-state index in [1.54, 1.807) is 36.5 Å². The molecule has 2 heterocycles. The van der Waals surface area contributed by atoms with Gasteiger partial charge in [0.25, 0.3) is 0 Å². The minimum absolute atomic E-state index is 0.00335. The largest absolute Gasteiger partial charge is 0.460 e. The number of benzene rings is 2. The number of primary amides is 1. The number of unbranched alkanes of at least 4 members (excludes halogenated alkanes) is 8. The molecule has 1 aliphatic heterocycles. The molecule has 10 N–H and O–H groups in total. The van der Waals surface area contributed by atoms with E-state index in [4.69, 9.17) is 10.5 Å². The van der Waals surface area contributed by atoms with Gasteiger partial charge in [0.05, 0.1) is 13.0 Å². The predicted octanol–water partition coefficient (Wildman–Crippen LogP) is 2.01. The number of ether oxygens (including phenoxy) is 1. The number of para-hydroxylation sites is 1. The fraction of sp³-hybridized carbons (Fsp3) is 0.532. The first-order chi connectivity index (χ1) is 31.3. The van der Waals surface area contributed by atoms with E-state index in [0.29, 0.717) is 17.5 Å². The van der Waals surface area contributed by atoms with Gasteiger partial charge < -0.3 is 52.5 Å². The molecule has 1 fully saturated rings. The maximum Gasteiger partial charge on any atom is 0.307 e. The highest BCUT2D eigenvalue weighted by atomic mass is 16.5.